The van der Waals surface area contributed by atoms with Crippen LogP contribution in [0.1, 0.15) is 20.3 Å². The average Bonchev–Trinajstić information content (AvgIpc) is 1.61. The van der Waals surface area contributed by atoms with Crippen molar-refractivity contribution >= 4 is 12.6 Å². The maximum atomic E-state index is 4.77. The maximum absolute atomic E-state index is 4.77. The lowest BCUT2D eigenvalue weighted by molar-refractivity contribution is 1.25. The summed E-state index contributed by atoms with van der Waals surface area (Å²) >= 11 is 4.77. The largest absolute Gasteiger partial charge is 0.102 e. The van der Waals surface area contributed by atoms with E-state index in [4.69, 9.17) is 12.6 Å². The molecule has 1 heteroatoms. The zero-order chi connectivity index (χ0) is 5.70. The molecule has 0 aromatic rings. The molecule has 0 heterocycles. The molecule has 0 aliphatic carbocycles. The van der Waals surface area contributed by atoms with E-state index in [0.29, 0.717) is 0 Å². The molecular formula is C6H9S. The summed E-state index contributed by atoms with van der Waals surface area (Å²) in [5.74, 6) is 5.75. The van der Waals surface area contributed by atoms with Crippen LogP contribution in [0.3, 0.4) is 0 Å². The van der Waals surface area contributed by atoms with E-state index < -0.39 is 0 Å². The van der Waals surface area contributed by atoms with Crippen LogP contribution in [0.25, 0.3) is 0 Å². The fourth-order valence-electron chi connectivity index (χ4n) is 0.246. The minimum Gasteiger partial charge on any atom is -0.102 e. The Kier molecular flexibility index (Phi) is 4.03. The quantitative estimate of drug-likeness (QED) is 0.421. The first-order valence-corrected chi connectivity index (χ1v) is 2.88. The van der Waals surface area contributed by atoms with Crippen molar-refractivity contribution in [1.29, 1.82) is 0 Å². The lowest BCUT2D eigenvalue weighted by atomic mass is 10.4. The molecule has 0 aliphatic rings. The van der Waals surface area contributed by atoms with E-state index in [1.54, 1.807) is 0 Å². The minimum atomic E-state index is 0.125. The average molecular weight is 113 g/mol. The molecule has 0 saturated heterocycles. The van der Waals surface area contributed by atoms with E-state index in [9.17, 15) is 0 Å². The summed E-state index contributed by atoms with van der Waals surface area (Å²) < 4.78 is 0. The van der Waals surface area contributed by atoms with Crippen LogP contribution >= 0.6 is 12.6 Å². The third-order valence-electron chi connectivity index (χ3n) is 0.482. The summed E-state index contributed by atoms with van der Waals surface area (Å²) in [5, 5.41) is 0.125. The van der Waals surface area contributed by atoms with Crippen molar-refractivity contribution in [2.24, 2.45) is 0 Å². The molecule has 0 nitrogen and oxygen atoms in total. The topological polar surface area (TPSA) is 0 Å². The van der Waals surface area contributed by atoms with Crippen LogP contribution < -0.4 is 0 Å². The molecule has 1 radical (unpaired) electrons. The van der Waals surface area contributed by atoms with Gasteiger partial charge in [0.1, 0.15) is 0 Å². The summed E-state index contributed by atoms with van der Waals surface area (Å²) in [6.07, 6.45) is 0.918. The monoisotopic (exact) mass is 113 g/mol. The fraction of sp³-hybridized carbons (Fsp3) is 0.667. The van der Waals surface area contributed by atoms with E-state index in [1.807, 2.05) is 13.8 Å². The van der Waals surface area contributed by atoms with E-state index >= 15 is 0 Å². The SMILES string of the molecule is CCC#CC(C)[S]. The highest BCUT2D eigenvalue weighted by molar-refractivity contribution is 7.81. The summed E-state index contributed by atoms with van der Waals surface area (Å²) in [4.78, 5) is 0. The van der Waals surface area contributed by atoms with Crippen LogP contribution in [0.2, 0.25) is 0 Å². The zero-order valence-electron chi connectivity index (χ0n) is 4.69. The van der Waals surface area contributed by atoms with Gasteiger partial charge in [-0.05, 0) is 6.92 Å². The highest BCUT2D eigenvalue weighted by Crippen LogP contribution is 1.86. The van der Waals surface area contributed by atoms with E-state index in [-0.39, 0.29) is 5.25 Å². The van der Waals surface area contributed by atoms with Gasteiger partial charge in [0, 0.05) is 6.42 Å². The molecule has 0 rings (SSSR count). The molecule has 0 fully saturated rings. The van der Waals surface area contributed by atoms with Gasteiger partial charge in [-0.25, -0.2) is 0 Å². The summed E-state index contributed by atoms with van der Waals surface area (Å²) in [6.45, 7) is 3.93. The van der Waals surface area contributed by atoms with E-state index in [1.165, 1.54) is 0 Å². The third kappa shape index (κ3) is 5.91. The molecule has 39 valence electrons. The second-order valence-electron chi connectivity index (χ2n) is 1.32. The molecule has 1 atom stereocenters. The second kappa shape index (κ2) is 4.08. The molecular weight excluding hydrogens is 104 g/mol. The van der Waals surface area contributed by atoms with Crippen LogP contribution in [-0.4, -0.2) is 5.25 Å². The Hall–Kier alpha value is -0.0900. The Labute approximate surface area is 50.7 Å². The predicted molar refractivity (Wildman–Crippen MR) is 35.1 cm³/mol. The van der Waals surface area contributed by atoms with Crippen LogP contribution in [0.4, 0.5) is 0 Å². The summed E-state index contributed by atoms with van der Waals surface area (Å²) in [6, 6.07) is 0. The Morgan fingerprint density at radius 1 is 1.71 bits per heavy atom. The van der Waals surface area contributed by atoms with E-state index in [0.717, 1.165) is 6.42 Å². The zero-order valence-corrected chi connectivity index (χ0v) is 5.51. The maximum Gasteiger partial charge on any atom is 0.0732 e. The van der Waals surface area contributed by atoms with Gasteiger partial charge in [0.05, 0.1) is 5.25 Å². The molecule has 0 aliphatic heterocycles. The first-order valence-electron chi connectivity index (χ1n) is 2.41. The Morgan fingerprint density at radius 3 is 2.43 bits per heavy atom. The Morgan fingerprint density at radius 2 is 2.29 bits per heavy atom. The lowest BCUT2D eigenvalue weighted by Crippen LogP contribution is -1.80. The summed E-state index contributed by atoms with van der Waals surface area (Å²) in [5.41, 5.74) is 0. The van der Waals surface area contributed by atoms with Gasteiger partial charge < -0.3 is 0 Å². The van der Waals surface area contributed by atoms with Crippen molar-refractivity contribution in [3.63, 3.8) is 0 Å². The van der Waals surface area contributed by atoms with Crippen molar-refractivity contribution in [2.75, 3.05) is 0 Å². The molecule has 0 aromatic heterocycles. The summed E-state index contributed by atoms with van der Waals surface area (Å²) in [7, 11) is 0. The van der Waals surface area contributed by atoms with Gasteiger partial charge >= 0.3 is 0 Å². The molecule has 7 heavy (non-hydrogen) atoms. The molecule has 1 unspecified atom stereocenters. The van der Waals surface area contributed by atoms with Crippen molar-refractivity contribution in [3.05, 3.63) is 0 Å². The van der Waals surface area contributed by atoms with Crippen LogP contribution in [-0.2, 0) is 0 Å². The smallest absolute Gasteiger partial charge is 0.0732 e. The Bertz CT molecular complexity index is 84.1. The Balaban J connectivity index is 3.24. The van der Waals surface area contributed by atoms with Gasteiger partial charge in [0.25, 0.3) is 0 Å². The highest BCUT2D eigenvalue weighted by atomic mass is 32.1. The predicted octanol–water partition coefficient (Wildman–Crippen LogP) is 1.99. The minimum absolute atomic E-state index is 0.125. The molecule has 0 saturated carbocycles. The first-order chi connectivity index (χ1) is 3.27. The second-order valence-corrected chi connectivity index (χ2v) is 2.02. The molecule has 0 N–H and O–H groups in total. The van der Waals surface area contributed by atoms with Crippen molar-refractivity contribution in [2.45, 2.75) is 25.5 Å². The van der Waals surface area contributed by atoms with Crippen molar-refractivity contribution < 1.29 is 0 Å². The molecule has 0 spiro atoms. The van der Waals surface area contributed by atoms with Gasteiger partial charge in [0.2, 0.25) is 0 Å². The number of hydrogen-bond acceptors (Lipinski definition) is 0. The van der Waals surface area contributed by atoms with Crippen molar-refractivity contribution in [1.82, 2.24) is 0 Å². The number of hydrogen-bond donors (Lipinski definition) is 0. The van der Waals surface area contributed by atoms with Gasteiger partial charge in [-0.2, -0.15) is 0 Å². The van der Waals surface area contributed by atoms with Crippen LogP contribution in [0.5, 0.6) is 0 Å². The normalized spacial score (nSPS) is 11.9. The number of rotatable bonds is 0. The van der Waals surface area contributed by atoms with Gasteiger partial charge in [0.15, 0.2) is 0 Å². The van der Waals surface area contributed by atoms with Gasteiger partial charge in [-0.15, -0.1) is 5.92 Å². The van der Waals surface area contributed by atoms with Crippen molar-refractivity contribution in [3.8, 4) is 11.8 Å². The third-order valence-corrected chi connectivity index (χ3v) is 0.600. The lowest BCUT2D eigenvalue weighted by Gasteiger charge is -1.81. The molecule has 0 amide bonds. The molecule has 0 bridgehead atoms. The van der Waals surface area contributed by atoms with E-state index in [2.05, 4.69) is 11.8 Å². The fourth-order valence-corrected chi connectivity index (χ4v) is 0.329. The molecule has 0 aromatic carbocycles. The van der Waals surface area contributed by atoms with Crippen LogP contribution in [0.15, 0.2) is 0 Å². The van der Waals surface area contributed by atoms with Gasteiger partial charge in [-0.1, -0.05) is 25.5 Å². The first kappa shape index (κ1) is 6.91. The van der Waals surface area contributed by atoms with Crippen LogP contribution in [0, 0.1) is 11.8 Å². The van der Waals surface area contributed by atoms with Gasteiger partial charge in [-0.3, -0.25) is 0 Å². The highest BCUT2D eigenvalue weighted by Gasteiger charge is 1.79. The standard InChI is InChI=1S/C6H9S/c1-3-4-5-6(2)7/h6H,3H2,1-2H3.